The van der Waals surface area contributed by atoms with Gasteiger partial charge in [0.05, 0.1) is 12.1 Å². The molecule has 0 atom stereocenters. The molecule has 0 radical (unpaired) electrons. The smallest absolute Gasteiger partial charge is 0.252 e. The van der Waals surface area contributed by atoms with E-state index in [-0.39, 0.29) is 5.91 Å². The number of hydrogen-bond donors (Lipinski definition) is 1. The number of ether oxygens (including phenoxy) is 1. The molecule has 0 spiro atoms. The molecule has 3 rings (SSSR count). The Bertz CT molecular complexity index is 794. The van der Waals surface area contributed by atoms with Crippen molar-refractivity contribution in [2.24, 2.45) is 0 Å². The lowest BCUT2D eigenvalue weighted by Gasteiger charge is -2.28. The van der Waals surface area contributed by atoms with Gasteiger partial charge in [-0.15, -0.1) is 11.8 Å². The van der Waals surface area contributed by atoms with Crippen LogP contribution in [0.5, 0.6) is 5.88 Å². The number of piperidine rings is 1. The van der Waals surface area contributed by atoms with E-state index in [0.717, 1.165) is 29.6 Å². The van der Waals surface area contributed by atoms with Gasteiger partial charge in [-0.2, -0.15) is 4.98 Å². The number of thioether (sulfide) groups is 1. The lowest BCUT2D eigenvalue weighted by Crippen LogP contribution is -2.30. The predicted octanol–water partition coefficient (Wildman–Crippen LogP) is 3.70. The van der Waals surface area contributed by atoms with Crippen molar-refractivity contribution in [1.29, 1.82) is 0 Å². The van der Waals surface area contributed by atoms with E-state index in [4.69, 9.17) is 4.74 Å². The molecule has 1 N–H and O–H groups in total. The Morgan fingerprint density at radius 2 is 2.00 bits per heavy atom. The highest BCUT2D eigenvalue weighted by Gasteiger charge is 2.14. The first-order valence-corrected chi connectivity index (χ1v) is 10.9. The zero-order valence-electron chi connectivity index (χ0n) is 16.6. The van der Waals surface area contributed by atoms with Gasteiger partial charge in [0.2, 0.25) is 5.88 Å². The SMILES string of the molecule is CCSc1ccccc1C(=O)NCCOc1cc(N2CCCCC2)nc(C)n1. The van der Waals surface area contributed by atoms with Gasteiger partial charge in [-0.1, -0.05) is 19.1 Å². The molecule has 0 aliphatic carbocycles. The number of hydrogen-bond acceptors (Lipinski definition) is 6. The Balaban J connectivity index is 1.52. The number of nitrogens with one attached hydrogen (secondary N) is 1. The maximum atomic E-state index is 12.5. The van der Waals surface area contributed by atoms with Crippen LogP contribution in [0.3, 0.4) is 0 Å². The molecular formula is C21H28N4O2S. The topological polar surface area (TPSA) is 67.3 Å². The standard InChI is InChI=1S/C21H28N4O2S/c1-3-28-18-10-6-5-9-17(18)21(26)22-11-14-27-20-15-19(23-16(2)24-20)25-12-7-4-8-13-25/h5-6,9-10,15H,3-4,7-8,11-14H2,1-2H3,(H,22,26). The average Bonchev–Trinajstić information content (AvgIpc) is 2.72. The molecule has 0 saturated carbocycles. The van der Waals surface area contributed by atoms with E-state index in [9.17, 15) is 4.79 Å². The number of carbonyl (C=O) groups excluding carboxylic acids is 1. The van der Waals surface area contributed by atoms with Crippen LogP contribution in [0, 0.1) is 6.92 Å². The van der Waals surface area contributed by atoms with Crippen LogP contribution in [-0.4, -0.2) is 47.9 Å². The van der Waals surface area contributed by atoms with Crippen LogP contribution in [-0.2, 0) is 0 Å². The number of nitrogens with zero attached hydrogens (tertiary/aromatic N) is 3. The zero-order chi connectivity index (χ0) is 19.8. The third-order valence-electron chi connectivity index (χ3n) is 4.55. The van der Waals surface area contributed by atoms with Gasteiger partial charge in [0.25, 0.3) is 5.91 Å². The molecule has 1 aromatic heterocycles. The Morgan fingerprint density at radius 1 is 1.21 bits per heavy atom. The monoisotopic (exact) mass is 400 g/mol. The molecule has 1 aromatic carbocycles. The molecule has 0 bridgehead atoms. The summed E-state index contributed by atoms with van der Waals surface area (Å²) in [6, 6.07) is 9.57. The lowest BCUT2D eigenvalue weighted by molar-refractivity contribution is 0.0943. The fourth-order valence-electron chi connectivity index (χ4n) is 3.24. The molecule has 6 nitrogen and oxygen atoms in total. The Hall–Kier alpha value is -2.28. The summed E-state index contributed by atoms with van der Waals surface area (Å²) in [5.74, 6) is 3.04. The van der Waals surface area contributed by atoms with Gasteiger partial charge in [0, 0.05) is 24.1 Å². The number of aryl methyl sites for hydroxylation is 1. The first-order chi connectivity index (χ1) is 13.7. The Kier molecular flexibility index (Phi) is 7.54. The van der Waals surface area contributed by atoms with Crippen LogP contribution >= 0.6 is 11.8 Å². The fraction of sp³-hybridized carbons (Fsp3) is 0.476. The Labute approximate surface area is 171 Å². The van der Waals surface area contributed by atoms with E-state index in [1.807, 2.05) is 37.3 Å². The van der Waals surface area contributed by atoms with Gasteiger partial charge in [-0.05, 0) is 44.1 Å². The number of aromatic nitrogens is 2. The molecule has 0 unspecified atom stereocenters. The summed E-state index contributed by atoms with van der Waals surface area (Å²) >= 11 is 1.67. The van der Waals surface area contributed by atoms with E-state index in [0.29, 0.717) is 30.4 Å². The summed E-state index contributed by atoms with van der Waals surface area (Å²) in [5.41, 5.74) is 0.708. The van der Waals surface area contributed by atoms with Gasteiger partial charge in [0.1, 0.15) is 18.2 Å². The number of rotatable bonds is 8. The van der Waals surface area contributed by atoms with Crippen LogP contribution in [0.1, 0.15) is 42.4 Å². The third kappa shape index (κ3) is 5.61. The van der Waals surface area contributed by atoms with E-state index in [2.05, 4.69) is 27.1 Å². The van der Waals surface area contributed by atoms with Crippen molar-refractivity contribution in [1.82, 2.24) is 15.3 Å². The second-order valence-electron chi connectivity index (χ2n) is 6.69. The number of anilines is 1. The summed E-state index contributed by atoms with van der Waals surface area (Å²) in [7, 11) is 0. The molecule has 150 valence electrons. The second kappa shape index (κ2) is 10.3. The van der Waals surface area contributed by atoms with Crippen LogP contribution in [0.25, 0.3) is 0 Å². The molecule has 1 saturated heterocycles. The summed E-state index contributed by atoms with van der Waals surface area (Å²) in [6.07, 6.45) is 3.68. The largest absolute Gasteiger partial charge is 0.476 e. The van der Waals surface area contributed by atoms with Crippen molar-refractivity contribution in [2.45, 2.75) is 38.0 Å². The summed E-state index contributed by atoms with van der Waals surface area (Å²) in [6.45, 7) is 6.80. The quantitative estimate of drug-likeness (QED) is 0.538. The van der Waals surface area contributed by atoms with Crippen molar-refractivity contribution in [3.05, 3.63) is 41.7 Å². The summed E-state index contributed by atoms with van der Waals surface area (Å²) in [4.78, 5) is 24.7. The number of carbonyl (C=O) groups is 1. The zero-order valence-corrected chi connectivity index (χ0v) is 17.4. The molecular weight excluding hydrogens is 372 g/mol. The van der Waals surface area contributed by atoms with Crippen LogP contribution in [0.4, 0.5) is 5.82 Å². The number of benzene rings is 1. The fourth-order valence-corrected chi connectivity index (χ4v) is 4.04. The van der Waals surface area contributed by atoms with Crippen LogP contribution < -0.4 is 15.0 Å². The maximum absolute atomic E-state index is 12.5. The van der Waals surface area contributed by atoms with E-state index in [1.54, 1.807) is 11.8 Å². The molecule has 1 aliphatic heterocycles. The minimum absolute atomic E-state index is 0.0759. The molecule has 7 heteroatoms. The molecule has 1 fully saturated rings. The highest BCUT2D eigenvalue weighted by Crippen LogP contribution is 2.22. The number of amides is 1. The first kappa shape index (κ1) is 20.5. The summed E-state index contributed by atoms with van der Waals surface area (Å²) < 4.78 is 5.78. The minimum Gasteiger partial charge on any atom is -0.476 e. The van der Waals surface area contributed by atoms with Crippen molar-refractivity contribution < 1.29 is 9.53 Å². The molecule has 1 amide bonds. The van der Waals surface area contributed by atoms with Crippen molar-refractivity contribution >= 4 is 23.5 Å². The summed E-state index contributed by atoms with van der Waals surface area (Å²) in [5, 5.41) is 2.93. The van der Waals surface area contributed by atoms with Gasteiger partial charge in [-0.25, -0.2) is 4.98 Å². The third-order valence-corrected chi connectivity index (χ3v) is 5.51. The van der Waals surface area contributed by atoms with Crippen molar-refractivity contribution in [3.8, 4) is 5.88 Å². The van der Waals surface area contributed by atoms with Crippen LogP contribution in [0.15, 0.2) is 35.2 Å². The van der Waals surface area contributed by atoms with E-state index < -0.39 is 0 Å². The second-order valence-corrected chi connectivity index (χ2v) is 8.00. The van der Waals surface area contributed by atoms with Gasteiger partial charge >= 0.3 is 0 Å². The highest BCUT2D eigenvalue weighted by atomic mass is 32.2. The van der Waals surface area contributed by atoms with Crippen molar-refractivity contribution in [2.75, 3.05) is 36.9 Å². The highest BCUT2D eigenvalue weighted by molar-refractivity contribution is 7.99. The van der Waals surface area contributed by atoms with Gasteiger partial charge < -0.3 is 15.0 Å². The van der Waals surface area contributed by atoms with E-state index >= 15 is 0 Å². The lowest BCUT2D eigenvalue weighted by atomic mass is 10.1. The average molecular weight is 401 g/mol. The molecule has 2 aromatic rings. The van der Waals surface area contributed by atoms with Crippen molar-refractivity contribution in [3.63, 3.8) is 0 Å². The van der Waals surface area contributed by atoms with Gasteiger partial charge in [0.15, 0.2) is 0 Å². The van der Waals surface area contributed by atoms with E-state index in [1.165, 1.54) is 19.3 Å². The van der Waals surface area contributed by atoms with Gasteiger partial charge in [-0.3, -0.25) is 4.79 Å². The minimum atomic E-state index is -0.0759. The molecule has 28 heavy (non-hydrogen) atoms. The first-order valence-electron chi connectivity index (χ1n) is 9.91. The molecule has 2 heterocycles. The van der Waals surface area contributed by atoms with Crippen LogP contribution in [0.2, 0.25) is 0 Å². The molecule has 1 aliphatic rings. The maximum Gasteiger partial charge on any atom is 0.252 e. The Morgan fingerprint density at radius 3 is 2.79 bits per heavy atom. The predicted molar refractivity (Wildman–Crippen MR) is 114 cm³/mol. The normalized spacial score (nSPS) is 14.0.